The molecule has 0 aliphatic heterocycles. The van der Waals surface area contributed by atoms with E-state index >= 15 is 0 Å². The molecule has 0 aliphatic carbocycles. The van der Waals surface area contributed by atoms with Crippen molar-refractivity contribution < 1.29 is 4.79 Å². The fourth-order valence-electron chi connectivity index (χ4n) is 2.71. The number of anilines is 1. The number of nitrogens with zero attached hydrogens (tertiary/aromatic N) is 2. The van der Waals surface area contributed by atoms with E-state index in [9.17, 15) is 4.79 Å². The number of aryl methyl sites for hydroxylation is 1. The molecule has 0 saturated carbocycles. The molecule has 0 saturated heterocycles. The second-order valence-corrected chi connectivity index (χ2v) is 6.31. The van der Waals surface area contributed by atoms with Crippen LogP contribution in [0, 0.1) is 0 Å². The number of nitrogen functional groups attached to an aromatic ring is 1. The van der Waals surface area contributed by atoms with Crippen LogP contribution < -0.4 is 5.73 Å². The quantitative estimate of drug-likeness (QED) is 0.480. The van der Waals surface area contributed by atoms with Crippen molar-refractivity contribution in [1.82, 2.24) is 9.78 Å². The minimum Gasteiger partial charge on any atom is -0.398 e. The molecule has 2 N–H and O–H groups in total. The van der Waals surface area contributed by atoms with E-state index in [1.54, 1.807) is 18.3 Å². The summed E-state index contributed by atoms with van der Waals surface area (Å²) in [4.78, 5) is 12.1. The zero-order valence-corrected chi connectivity index (χ0v) is 15.2. The summed E-state index contributed by atoms with van der Waals surface area (Å²) >= 11 is 0. The normalized spacial score (nSPS) is 11.4. The summed E-state index contributed by atoms with van der Waals surface area (Å²) < 4.78 is 1.88. The zero-order chi connectivity index (χ0) is 18.9. The average molecular weight is 357 g/mol. The smallest absolute Gasteiger partial charge is 0.160 e. The van der Waals surface area contributed by atoms with E-state index in [1.807, 2.05) is 53.3 Å². The molecule has 1 aromatic heterocycles. The van der Waals surface area contributed by atoms with E-state index in [0.717, 1.165) is 24.1 Å². The second-order valence-electron chi connectivity index (χ2n) is 6.31. The number of hydrogen-bond donors (Lipinski definition) is 1. The number of carbonyl (C=O) groups excluding carboxylic acids is 1. The molecular formula is C23H23N3O. The highest BCUT2D eigenvalue weighted by Crippen LogP contribution is 2.12. The van der Waals surface area contributed by atoms with Gasteiger partial charge in [0, 0.05) is 30.4 Å². The Hall–Kier alpha value is -3.40. The van der Waals surface area contributed by atoms with Crippen molar-refractivity contribution in [2.45, 2.75) is 19.4 Å². The predicted octanol–water partition coefficient (Wildman–Crippen LogP) is 4.39. The molecule has 3 aromatic rings. The third-order valence-electron chi connectivity index (χ3n) is 4.17. The van der Waals surface area contributed by atoms with Crippen molar-refractivity contribution >= 4 is 23.6 Å². The zero-order valence-electron chi connectivity index (χ0n) is 15.2. The lowest BCUT2D eigenvalue weighted by Crippen LogP contribution is -2.01. The van der Waals surface area contributed by atoms with Crippen molar-refractivity contribution in [3.05, 3.63) is 95.8 Å². The lowest BCUT2D eigenvalue weighted by molar-refractivity contribution is -0.113. The Balaban J connectivity index is 1.48. The number of benzene rings is 2. The first-order valence-electron chi connectivity index (χ1n) is 8.99. The minimum atomic E-state index is 0.0199. The molecule has 4 nitrogen and oxygen atoms in total. The standard InChI is InChI=1S/C23H23N3O/c24-23-12-5-4-11-21(23)16-22(27)14-13-20-17-25-26(18-20)15-7-6-10-19-8-2-1-3-9-19/h1-6,8-14,17-18H,7,15-16,24H2/b10-6+,14-13+. The summed E-state index contributed by atoms with van der Waals surface area (Å²) in [5.41, 5.74) is 9.49. The Kier molecular flexibility index (Phi) is 6.36. The topological polar surface area (TPSA) is 60.9 Å². The molecular weight excluding hydrogens is 334 g/mol. The summed E-state index contributed by atoms with van der Waals surface area (Å²) in [6.45, 7) is 0.797. The summed E-state index contributed by atoms with van der Waals surface area (Å²) in [5, 5.41) is 4.34. The highest BCUT2D eigenvalue weighted by atomic mass is 16.1. The number of rotatable bonds is 8. The summed E-state index contributed by atoms with van der Waals surface area (Å²) in [6, 6.07) is 17.7. The molecule has 0 unspecified atom stereocenters. The SMILES string of the molecule is Nc1ccccc1CC(=O)/C=C/c1cnn(CC/C=C/c2ccccc2)c1. The van der Waals surface area contributed by atoms with Gasteiger partial charge in [0.05, 0.1) is 6.20 Å². The lowest BCUT2D eigenvalue weighted by atomic mass is 10.1. The van der Waals surface area contributed by atoms with E-state index in [4.69, 9.17) is 5.73 Å². The molecule has 0 atom stereocenters. The van der Waals surface area contributed by atoms with Crippen LogP contribution in [-0.2, 0) is 17.8 Å². The van der Waals surface area contributed by atoms with Crippen LogP contribution in [-0.4, -0.2) is 15.6 Å². The number of para-hydroxylation sites is 1. The maximum absolute atomic E-state index is 12.1. The number of aromatic nitrogens is 2. The molecule has 0 bridgehead atoms. The molecule has 0 spiro atoms. The highest BCUT2D eigenvalue weighted by Gasteiger charge is 2.03. The van der Waals surface area contributed by atoms with E-state index in [-0.39, 0.29) is 5.78 Å². The third-order valence-corrected chi connectivity index (χ3v) is 4.17. The minimum absolute atomic E-state index is 0.0199. The fourth-order valence-corrected chi connectivity index (χ4v) is 2.71. The van der Waals surface area contributed by atoms with Gasteiger partial charge < -0.3 is 5.73 Å². The number of nitrogens with two attached hydrogens (primary N) is 1. The molecule has 1 heterocycles. The lowest BCUT2D eigenvalue weighted by Gasteiger charge is -2.01. The van der Waals surface area contributed by atoms with Crippen LogP contribution in [0.25, 0.3) is 12.2 Å². The summed E-state index contributed by atoms with van der Waals surface area (Å²) in [7, 11) is 0. The largest absolute Gasteiger partial charge is 0.398 e. The van der Waals surface area contributed by atoms with Gasteiger partial charge in [-0.1, -0.05) is 60.7 Å². The first-order valence-corrected chi connectivity index (χ1v) is 8.99. The van der Waals surface area contributed by atoms with Gasteiger partial charge in [0.1, 0.15) is 0 Å². The van der Waals surface area contributed by atoms with E-state index in [0.29, 0.717) is 12.1 Å². The van der Waals surface area contributed by atoms with Gasteiger partial charge in [-0.25, -0.2) is 0 Å². The van der Waals surface area contributed by atoms with E-state index in [1.165, 1.54) is 5.56 Å². The van der Waals surface area contributed by atoms with Crippen molar-refractivity contribution in [2.75, 3.05) is 5.73 Å². The first kappa shape index (κ1) is 18.4. The van der Waals surface area contributed by atoms with Crippen LogP contribution in [0.1, 0.15) is 23.1 Å². The molecule has 2 aromatic carbocycles. The molecule has 3 rings (SSSR count). The van der Waals surface area contributed by atoms with Gasteiger partial charge in [-0.15, -0.1) is 0 Å². The molecule has 0 aliphatic rings. The summed E-state index contributed by atoms with van der Waals surface area (Å²) in [6.07, 6.45) is 12.5. The third kappa shape index (κ3) is 5.82. The Labute approximate surface area is 159 Å². The van der Waals surface area contributed by atoms with Crippen LogP contribution in [0.5, 0.6) is 0 Å². The Bertz CT molecular complexity index is 939. The molecule has 0 radical (unpaired) electrons. The Morgan fingerprint density at radius 3 is 2.59 bits per heavy atom. The van der Waals surface area contributed by atoms with Crippen molar-refractivity contribution in [1.29, 1.82) is 0 Å². The van der Waals surface area contributed by atoms with Crippen molar-refractivity contribution in [3.63, 3.8) is 0 Å². The monoisotopic (exact) mass is 357 g/mol. The number of ketones is 1. The van der Waals surface area contributed by atoms with Gasteiger partial charge in [-0.3, -0.25) is 9.48 Å². The molecule has 27 heavy (non-hydrogen) atoms. The van der Waals surface area contributed by atoms with E-state index in [2.05, 4.69) is 29.4 Å². The highest BCUT2D eigenvalue weighted by molar-refractivity contribution is 5.95. The molecule has 4 heteroatoms. The Morgan fingerprint density at radius 1 is 1.00 bits per heavy atom. The predicted molar refractivity (Wildman–Crippen MR) is 111 cm³/mol. The van der Waals surface area contributed by atoms with Crippen molar-refractivity contribution in [3.8, 4) is 0 Å². The molecule has 136 valence electrons. The van der Waals surface area contributed by atoms with Gasteiger partial charge >= 0.3 is 0 Å². The van der Waals surface area contributed by atoms with Crippen LogP contribution in [0.2, 0.25) is 0 Å². The van der Waals surface area contributed by atoms with Gasteiger partial charge in [-0.05, 0) is 35.8 Å². The Morgan fingerprint density at radius 2 is 1.78 bits per heavy atom. The van der Waals surface area contributed by atoms with Crippen LogP contribution >= 0.6 is 0 Å². The van der Waals surface area contributed by atoms with Crippen LogP contribution in [0.3, 0.4) is 0 Å². The number of allylic oxidation sites excluding steroid dienone is 2. The van der Waals surface area contributed by atoms with Crippen molar-refractivity contribution in [2.24, 2.45) is 0 Å². The second kappa shape index (κ2) is 9.34. The maximum Gasteiger partial charge on any atom is 0.160 e. The number of carbonyl (C=O) groups is 1. The summed E-state index contributed by atoms with van der Waals surface area (Å²) in [5.74, 6) is 0.0199. The van der Waals surface area contributed by atoms with Gasteiger partial charge in [0.2, 0.25) is 0 Å². The van der Waals surface area contributed by atoms with Crippen LogP contribution in [0.15, 0.2) is 79.1 Å². The van der Waals surface area contributed by atoms with Crippen LogP contribution in [0.4, 0.5) is 5.69 Å². The maximum atomic E-state index is 12.1. The molecule has 0 fully saturated rings. The fraction of sp³-hybridized carbons (Fsp3) is 0.130. The van der Waals surface area contributed by atoms with E-state index < -0.39 is 0 Å². The molecule has 0 amide bonds. The van der Waals surface area contributed by atoms with Gasteiger partial charge in [-0.2, -0.15) is 5.10 Å². The van der Waals surface area contributed by atoms with Gasteiger partial charge in [0.15, 0.2) is 5.78 Å². The van der Waals surface area contributed by atoms with Gasteiger partial charge in [0.25, 0.3) is 0 Å². The average Bonchev–Trinajstić information content (AvgIpc) is 3.14. The first-order chi connectivity index (χ1) is 13.2. The number of hydrogen-bond acceptors (Lipinski definition) is 3.